The van der Waals surface area contributed by atoms with E-state index in [-0.39, 0.29) is 6.61 Å². The lowest BCUT2D eigenvalue weighted by atomic mass is 10.3. The Hall–Kier alpha value is -0.160. The smallest absolute Gasteiger partial charge is 0.0795 e. The molecule has 0 aliphatic carbocycles. The molecule has 0 bridgehead atoms. The Morgan fingerprint density at radius 2 is 2.08 bits per heavy atom. The summed E-state index contributed by atoms with van der Waals surface area (Å²) in [6.45, 7) is 1.57. The van der Waals surface area contributed by atoms with E-state index in [1.54, 1.807) is 7.11 Å². The number of aliphatic hydroxyl groups is 2. The number of hydrogen-bond acceptors (Lipinski definition) is 4. The zero-order valence-electron chi connectivity index (χ0n) is 7.53. The number of methoxy groups -OCH3 is 1. The van der Waals surface area contributed by atoms with Gasteiger partial charge < -0.3 is 19.7 Å². The van der Waals surface area contributed by atoms with Crippen LogP contribution in [0.3, 0.4) is 0 Å². The zero-order chi connectivity index (χ0) is 9.23. The van der Waals surface area contributed by atoms with Crippen molar-refractivity contribution in [3.63, 3.8) is 0 Å². The van der Waals surface area contributed by atoms with Crippen LogP contribution in [0.15, 0.2) is 0 Å². The molecule has 1 unspecified atom stereocenters. The van der Waals surface area contributed by atoms with Gasteiger partial charge >= 0.3 is 0 Å². The van der Waals surface area contributed by atoms with Crippen molar-refractivity contribution in [2.75, 3.05) is 33.5 Å². The average molecular weight is 178 g/mol. The van der Waals surface area contributed by atoms with Crippen LogP contribution in [0.2, 0.25) is 0 Å². The van der Waals surface area contributed by atoms with Crippen LogP contribution in [0.5, 0.6) is 0 Å². The number of rotatable bonds is 8. The third kappa shape index (κ3) is 7.94. The molecule has 0 aliphatic rings. The van der Waals surface area contributed by atoms with Crippen molar-refractivity contribution in [1.82, 2.24) is 0 Å². The molecule has 0 aliphatic heterocycles. The van der Waals surface area contributed by atoms with Gasteiger partial charge in [0.25, 0.3) is 0 Å². The van der Waals surface area contributed by atoms with Crippen LogP contribution < -0.4 is 0 Å². The van der Waals surface area contributed by atoms with Gasteiger partial charge in [0.1, 0.15) is 0 Å². The Bertz CT molecular complexity index is 87.1. The van der Waals surface area contributed by atoms with Crippen molar-refractivity contribution in [3.8, 4) is 0 Å². The third-order valence-corrected chi connectivity index (χ3v) is 1.40. The van der Waals surface area contributed by atoms with E-state index in [0.29, 0.717) is 32.7 Å². The summed E-state index contributed by atoms with van der Waals surface area (Å²) in [5.74, 6) is 0. The van der Waals surface area contributed by atoms with Gasteiger partial charge in [0.05, 0.1) is 12.7 Å². The largest absolute Gasteiger partial charge is 0.396 e. The number of hydrogen-bond donors (Lipinski definition) is 2. The first-order chi connectivity index (χ1) is 5.81. The minimum absolute atomic E-state index is 0.153. The molecule has 74 valence electrons. The van der Waals surface area contributed by atoms with Crippen LogP contribution in [0, 0.1) is 0 Å². The van der Waals surface area contributed by atoms with E-state index < -0.39 is 6.10 Å². The van der Waals surface area contributed by atoms with Crippen molar-refractivity contribution in [2.24, 2.45) is 0 Å². The van der Waals surface area contributed by atoms with E-state index in [1.807, 2.05) is 0 Å². The highest BCUT2D eigenvalue weighted by molar-refractivity contribution is 4.51. The summed E-state index contributed by atoms with van der Waals surface area (Å²) < 4.78 is 9.85. The van der Waals surface area contributed by atoms with Gasteiger partial charge in [-0.15, -0.1) is 0 Å². The molecule has 0 amide bonds. The number of aliphatic hydroxyl groups excluding tert-OH is 2. The molecule has 1 atom stereocenters. The molecule has 0 radical (unpaired) electrons. The summed E-state index contributed by atoms with van der Waals surface area (Å²) in [5, 5.41) is 17.6. The van der Waals surface area contributed by atoms with E-state index in [1.165, 1.54) is 0 Å². The van der Waals surface area contributed by atoms with Crippen molar-refractivity contribution in [3.05, 3.63) is 0 Å². The van der Waals surface area contributed by atoms with Crippen LogP contribution in [0.25, 0.3) is 0 Å². The molecule has 0 rings (SSSR count). The van der Waals surface area contributed by atoms with Gasteiger partial charge in [-0.05, 0) is 12.8 Å². The van der Waals surface area contributed by atoms with Gasteiger partial charge in [0.2, 0.25) is 0 Å². The molecule has 12 heavy (non-hydrogen) atoms. The van der Waals surface area contributed by atoms with Crippen LogP contribution in [-0.2, 0) is 9.47 Å². The van der Waals surface area contributed by atoms with Gasteiger partial charge in [0.15, 0.2) is 0 Å². The molecule has 2 N–H and O–H groups in total. The highest BCUT2D eigenvalue weighted by Crippen LogP contribution is 1.93. The van der Waals surface area contributed by atoms with Crippen LogP contribution in [-0.4, -0.2) is 49.9 Å². The highest BCUT2D eigenvalue weighted by Gasteiger charge is 2.01. The van der Waals surface area contributed by atoms with E-state index >= 15 is 0 Å². The summed E-state index contributed by atoms with van der Waals surface area (Å²) in [7, 11) is 1.55. The predicted octanol–water partition coefficient (Wildman–Crippen LogP) is -0.217. The van der Waals surface area contributed by atoms with Crippen molar-refractivity contribution < 1.29 is 19.7 Å². The summed E-state index contributed by atoms with van der Waals surface area (Å²) in [4.78, 5) is 0. The van der Waals surface area contributed by atoms with Gasteiger partial charge in [0, 0.05) is 26.9 Å². The lowest BCUT2D eigenvalue weighted by Crippen LogP contribution is -2.16. The fourth-order valence-corrected chi connectivity index (χ4v) is 0.764. The monoisotopic (exact) mass is 178 g/mol. The summed E-state index contributed by atoms with van der Waals surface area (Å²) in [6.07, 6.45) is 0.795. The lowest BCUT2D eigenvalue weighted by Gasteiger charge is -2.08. The average Bonchev–Trinajstić information content (AvgIpc) is 2.05. The van der Waals surface area contributed by atoms with E-state index in [0.717, 1.165) is 0 Å². The van der Waals surface area contributed by atoms with E-state index in [9.17, 15) is 0 Å². The maximum atomic E-state index is 9.15. The van der Waals surface area contributed by atoms with E-state index in [4.69, 9.17) is 19.7 Å². The normalized spacial score (nSPS) is 13.2. The van der Waals surface area contributed by atoms with Crippen LogP contribution >= 0.6 is 0 Å². The molecule has 0 fully saturated rings. The van der Waals surface area contributed by atoms with Crippen LogP contribution in [0.1, 0.15) is 12.8 Å². The second kappa shape index (κ2) is 8.93. The van der Waals surface area contributed by atoms with Gasteiger partial charge in [-0.25, -0.2) is 0 Å². The standard InChI is InChI=1S/C8H18O4/c1-11-7-8(10)3-6-12-5-2-4-9/h8-10H,2-7H2,1H3. The van der Waals surface area contributed by atoms with Gasteiger partial charge in [-0.1, -0.05) is 0 Å². The molecule has 0 heterocycles. The van der Waals surface area contributed by atoms with Gasteiger partial charge in [-0.2, -0.15) is 0 Å². The van der Waals surface area contributed by atoms with Crippen molar-refractivity contribution in [1.29, 1.82) is 0 Å². The predicted molar refractivity (Wildman–Crippen MR) is 45.0 cm³/mol. The summed E-state index contributed by atoms with van der Waals surface area (Å²) >= 11 is 0. The Morgan fingerprint density at radius 1 is 1.33 bits per heavy atom. The molecule has 0 aromatic rings. The second-order valence-corrected chi connectivity index (χ2v) is 2.59. The van der Waals surface area contributed by atoms with Crippen molar-refractivity contribution in [2.45, 2.75) is 18.9 Å². The molecule has 0 saturated heterocycles. The second-order valence-electron chi connectivity index (χ2n) is 2.59. The fraction of sp³-hybridized carbons (Fsp3) is 1.00. The molecular weight excluding hydrogens is 160 g/mol. The maximum absolute atomic E-state index is 9.15. The Labute approximate surface area is 73.1 Å². The molecule has 0 aromatic heterocycles. The Morgan fingerprint density at radius 3 is 2.67 bits per heavy atom. The molecule has 0 aromatic carbocycles. The minimum atomic E-state index is -0.441. The van der Waals surface area contributed by atoms with Crippen molar-refractivity contribution >= 4 is 0 Å². The first kappa shape index (κ1) is 11.8. The Kier molecular flexibility index (Phi) is 8.81. The molecule has 0 spiro atoms. The SMILES string of the molecule is COCC(O)CCOCCCO. The quantitative estimate of drug-likeness (QED) is 0.505. The lowest BCUT2D eigenvalue weighted by molar-refractivity contribution is 0.0295. The van der Waals surface area contributed by atoms with Gasteiger partial charge in [-0.3, -0.25) is 0 Å². The first-order valence-electron chi connectivity index (χ1n) is 4.17. The highest BCUT2D eigenvalue weighted by atomic mass is 16.5. The minimum Gasteiger partial charge on any atom is -0.396 e. The molecule has 0 saturated carbocycles. The fourth-order valence-electron chi connectivity index (χ4n) is 0.764. The summed E-state index contributed by atoms with van der Waals surface area (Å²) in [6, 6.07) is 0. The zero-order valence-corrected chi connectivity index (χ0v) is 7.53. The first-order valence-corrected chi connectivity index (χ1v) is 4.17. The third-order valence-electron chi connectivity index (χ3n) is 1.40. The van der Waals surface area contributed by atoms with E-state index in [2.05, 4.69) is 0 Å². The topological polar surface area (TPSA) is 58.9 Å². The Balaban J connectivity index is 2.97. The van der Waals surface area contributed by atoms with Crippen LogP contribution in [0.4, 0.5) is 0 Å². The maximum Gasteiger partial charge on any atom is 0.0795 e. The summed E-state index contributed by atoms with van der Waals surface area (Å²) in [5.41, 5.74) is 0. The molecular formula is C8H18O4. The molecule has 4 nitrogen and oxygen atoms in total. The molecule has 4 heteroatoms. The number of ether oxygens (including phenoxy) is 2.